The number of rotatable bonds is 4. The molecule has 0 aliphatic carbocycles. The van der Waals surface area contributed by atoms with Crippen LogP contribution in [0, 0.1) is 5.82 Å². The molecule has 0 saturated carbocycles. The van der Waals surface area contributed by atoms with Crippen molar-refractivity contribution < 1.29 is 13.9 Å². The first-order chi connectivity index (χ1) is 14.6. The minimum atomic E-state index is -0.245. The van der Waals surface area contributed by atoms with Gasteiger partial charge in [0.15, 0.2) is 0 Å². The maximum absolute atomic E-state index is 13.7. The summed E-state index contributed by atoms with van der Waals surface area (Å²) in [5.41, 5.74) is 4.76. The van der Waals surface area contributed by atoms with E-state index in [2.05, 4.69) is 16.1 Å². The summed E-state index contributed by atoms with van der Waals surface area (Å²) in [5, 5.41) is 4.08. The van der Waals surface area contributed by atoms with Gasteiger partial charge in [0.2, 0.25) is 5.91 Å². The van der Waals surface area contributed by atoms with Gasteiger partial charge < -0.3 is 14.6 Å². The van der Waals surface area contributed by atoms with E-state index >= 15 is 0 Å². The van der Waals surface area contributed by atoms with Gasteiger partial charge >= 0.3 is 0 Å². The van der Waals surface area contributed by atoms with Crippen molar-refractivity contribution in [3.8, 4) is 5.75 Å². The van der Waals surface area contributed by atoms with E-state index < -0.39 is 0 Å². The zero-order valence-corrected chi connectivity index (χ0v) is 16.6. The fourth-order valence-corrected chi connectivity index (χ4v) is 4.44. The lowest BCUT2D eigenvalue weighted by Gasteiger charge is -2.17. The van der Waals surface area contributed by atoms with Crippen molar-refractivity contribution in [2.45, 2.75) is 18.9 Å². The van der Waals surface area contributed by atoms with Crippen molar-refractivity contribution in [2.24, 2.45) is 0 Å². The monoisotopic (exact) mass is 400 g/mol. The van der Waals surface area contributed by atoms with E-state index in [1.54, 1.807) is 19.2 Å². The number of aromatic nitrogens is 1. The predicted molar refractivity (Wildman–Crippen MR) is 116 cm³/mol. The van der Waals surface area contributed by atoms with Gasteiger partial charge in [-0.15, -0.1) is 0 Å². The minimum absolute atomic E-state index is 0.0220. The average Bonchev–Trinajstić information content (AvgIpc) is 3.04. The predicted octanol–water partition coefficient (Wildman–Crippen LogP) is 5.31. The molecule has 0 fully saturated rings. The number of carbonyl (C=O) groups is 1. The number of methoxy groups -OCH3 is 1. The molecule has 3 aromatic carbocycles. The molecule has 1 N–H and O–H groups in total. The Labute approximate surface area is 173 Å². The van der Waals surface area contributed by atoms with Crippen molar-refractivity contribution >= 4 is 22.5 Å². The first-order valence-electron chi connectivity index (χ1n) is 9.93. The van der Waals surface area contributed by atoms with Crippen LogP contribution in [0.1, 0.15) is 29.0 Å². The van der Waals surface area contributed by atoms with Crippen LogP contribution in [0.3, 0.4) is 0 Å². The number of hydrogen-bond donors (Lipinski definition) is 1. The number of amides is 1. The van der Waals surface area contributed by atoms with Gasteiger partial charge in [-0.25, -0.2) is 4.39 Å². The fraction of sp³-hybridized carbons (Fsp3) is 0.160. The highest BCUT2D eigenvalue weighted by atomic mass is 19.1. The molecule has 30 heavy (non-hydrogen) atoms. The maximum atomic E-state index is 13.7. The number of nitrogens with one attached hydrogen (secondary N) is 1. The average molecular weight is 400 g/mol. The highest BCUT2D eigenvalue weighted by Crippen LogP contribution is 2.43. The molecule has 0 radical (unpaired) electrons. The Morgan fingerprint density at radius 3 is 2.73 bits per heavy atom. The Bertz CT molecular complexity index is 1260. The van der Waals surface area contributed by atoms with Crippen LogP contribution in [-0.4, -0.2) is 17.6 Å². The van der Waals surface area contributed by atoms with E-state index in [1.165, 1.54) is 6.07 Å². The van der Waals surface area contributed by atoms with Gasteiger partial charge in [0.1, 0.15) is 11.6 Å². The lowest BCUT2D eigenvalue weighted by molar-refractivity contribution is -0.116. The van der Waals surface area contributed by atoms with Gasteiger partial charge in [0.25, 0.3) is 0 Å². The first kappa shape index (κ1) is 18.4. The van der Waals surface area contributed by atoms with Crippen LogP contribution in [0.25, 0.3) is 10.9 Å². The third-order valence-electron chi connectivity index (χ3n) is 5.73. The lowest BCUT2D eigenvalue weighted by Crippen LogP contribution is -2.14. The van der Waals surface area contributed by atoms with Gasteiger partial charge in [-0.05, 0) is 41.5 Å². The molecule has 1 atom stereocenters. The molecule has 5 rings (SSSR count). The lowest BCUT2D eigenvalue weighted by atomic mass is 9.88. The molecule has 1 aliphatic heterocycles. The van der Waals surface area contributed by atoms with Crippen LogP contribution in [0.4, 0.5) is 10.1 Å². The van der Waals surface area contributed by atoms with E-state index in [0.29, 0.717) is 13.0 Å². The quantitative estimate of drug-likeness (QED) is 0.504. The van der Waals surface area contributed by atoms with E-state index in [4.69, 9.17) is 4.74 Å². The normalized spacial score (nSPS) is 15.7. The molecule has 5 heteroatoms. The molecule has 4 nitrogen and oxygen atoms in total. The van der Waals surface area contributed by atoms with E-state index in [9.17, 15) is 9.18 Å². The zero-order valence-electron chi connectivity index (χ0n) is 16.6. The summed E-state index contributed by atoms with van der Waals surface area (Å²) in [7, 11) is 1.65. The highest BCUT2D eigenvalue weighted by molar-refractivity contribution is 6.06. The summed E-state index contributed by atoms with van der Waals surface area (Å²) >= 11 is 0. The molecule has 1 amide bonds. The second-order valence-electron chi connectivity index (χ2n) is 7.59. The van der Waals surface area contributed by atoms with E-state index in [0.717, 1.165) is 39.0 Å². The fourth-order valence-electron chi connectivity index (χ4n) is 4.44. The zero-order chi connectivity index (χ0) is 20.7. The summed E-state index contributed by atoms with van der Waals surface area (Å²) in [6.07, 6.45) is 2.42. The largest absolute Gasteiger partial charge is 0.496 e. The van der Waals surface area contributed by atoms with Crippen LogP contribution in [-0.2, 0) is 11.3 Å². The Kier molecular flexibility index (Phi) is 4.51. The van der Waals surface area contributed by atoms with Gasteiger partial charge in [-0.2, -0.15) is 0 Å². The van der Waals surface area contributed by atoms with Crippen LogP contribution in [0.15, 0.2) is 72.9 Å². The Morgan fingerprint density at radius 1 is 1.07 bits per heavy atom. The number of hydrogen-bond acceptors (Lipinski definition) is 2. The molecule has 0 saturated heterocycles. The SMILES string of the molecule is COc1ccccc1[C@H]1CC(=O)Nc2cccc3c2c1cn3Cc1cccc(F)c1. The van der Waals surface area contributed by atoms with Gasteiger partial charge in [-0.1, -0.05) is 36.4 Å². The van der Waals surface area contributed by atoms with Crippen molar-refractivity contribution in [3.05, 3.63) is 95.4 Å². The standard InChI is InChI=1S/C25H21FN2O2/c1-30-23-11-3-2-8-18(23)19-13-24(29)27-21-9-5-10-22-25(21)20(19)15-28(22)14-16-6-4-7-17(26)12-16/h2-12,15,19H,13-14H2,1H3,(H,27,29)/t19-/m1/s1. The number of para-hydroxylation sites is 1. The van der Waals surface area contributed by atoms with Gasteiger partial charge in [0, 0.05) is 36.0 Å². The van der Waals surface area contributed by atoms with Crippen LogP contribution < -0.4 is 10.1 Å². The summed E-state index contributed by atoms with van der Waals surface area (Å²) in [6, 6.07) is 20.4. The van der Waals surface area contributed by atoms with Crippen LogP contribution >= 0.6 is 0 Å². The Morgan fingerprint density at radius 2 is 1.90 bits per heavy atom. The second kappa shape index (κ2) is 7.34. The number of halogens is 1. The molecule has 2 heterocycles. The third-order valence-corrected chi connectivity index (χ3v) is 5.73. The number of nitrogens with zero attached hydrogens (tertiary/aromatic N) is 1. The van der Waals surface area contributed by atoms with Gasteiger partial charge in [0.05, 0.1) is 18.3 Å². The van der Waals surface area contributed by atoms with E-state index in [1.807, 2.05) is 48.5 Å². The second-order valence-corrected chi connectivity index (χ2v) is 7.59. The van der Waals surface area contributed by atoms with Gasteiger partial charge in [-0.3, -0.25) is 4.79 Å². The summed E-state index contributed by atoms with van der Waals surface area (Å²) in [5.74, 6) is 0.359. The Hall–Kier alpha value is -3.60. The molecular formula is C25H21FN2O2. The summed E-state index contributed by atoms with van der Waals surface area (Å²) in [6.45, 7) is 0.546. The number of ether oxygens (including phenoxy) is 1. The number of anilines is 1. The summed E-state index contributed by atoms with van der Waals surface area (Å²) in [4.78, 5) is 12.7. The molecule has 0 spiro atoms. The smallest absolute Gasteiger partial charge is 0.225 e. The molecule has 4 aromatic rings. The minimum Gasteiger partial charge on any atom is -0.496 e. The van der Waals surface area contributed by atoms with E-state index in [-0.39, 0.29) is 17.6 Å². The van der Waals surface area contributed by atoms with Crippen LogP contribution in [0.2, 0.25) is 0 Å². The van der Waals surface area contributed by atoms with Crippen molar-refractivity contribution in [3.63, 3.8) is 0 Å². The van der Waals surface area contributed by atoms with Crippen LogP contribution in [0.5, 0.6) is 5.75 Å². The maximum Gasteiger partial charge on any atom is 0.225 e. The summed E-state index contributed by atoms with van der Waals surface area (Å²) < 4.78 is 21.4. The first-order valence-corrected chi connectivity index (χ1v) is 9.93. The number of benzene rings is 3. The molecule has 0 bridgehead atoms. The molecule has 150 valence electrons. The van der Waals surface area contributed by atoms with Crippen molar-refractivity contribution in [1.82, 2.24) is 4.57 Å². The topological polar surface area (TPSA) is 43.3 Å². The van der Waals surface area contributed by atoms with Crippen molar-refractivity contribution in [1.29, 1.82) is 0 Å². The highest BCUT2D eigenvalue weighted by Gasteiger charge is 2.29. The molecule has 1 aromatic heterocycles. The molecule has 0 unspecified atom stereocenters. The van der Waals surface area contributed by atoms with Crippen molar-refractivity contribution in [2.75, 3.05) is 12.4 Å². The number of carbonyl (C=O) groups excluding carboxylic acids is 1. The molecular weight excluding hydrogens is 379 g/mol. The Balaban J connectivity index is 1.71. The molecule has 1 aliphatic rings. The third kappa shape index (κ3) is 3.12.